The summed E-state index contributed by atoms with van der Waals surface area (Å²) in [6, 6.07) is 9.78. The Bertz CT molecular complexity index is 644. The quantitative estimate of drug-likeness (QED) is 0.826. The van der Waals surface area contributed by atoms with Crippen LogP contribution in [0.5, 0.6) is 0 Å². The van der Waals surface area contributed by atoms with Crippen molar-refractivity contribution in [1.29, 1.82) is 0 Å². The van der Waals surface area contributed by atoms with Gasteiger partial charge in [0.2, 0.25) is 5.91 Å². The van der Waals surface area contributed by atoms with Crippen LogP contribution in [0.4, 0.5) is 0 Å². The van der Waals surface area contributed by atoms with Gasteiger partial charge in [0.25, 0.3) is 0 Å². The average molecular weight is 273 g/mol. The SMILES string of the molecule is O=C1NCCCC1n1c(-c2ccccc2)c[nH]c1=S. The monoisotopic (exact) mass is 273 g/mol. The van der Waals surface area contributed by atoms with Crippen molar-refractivity contribution in [2.45, 2.75) is 18.9 Å². The topological polar surface area (TPSA) is 49.8 Å². The van der Waals surface area contributed by atoms with Gasteiger partial charge in [-0.25, -0.2) is 0 Å². The third-order valence-corrected chi connectivity index (χ3v) is 3.76. The number of aromatic nitrogens is 2. The molecule has 0 radical (unpaired) electrons. The summed E-state index contributed by atoms with van der Waals surface area (Å²) in [5.74, 6) is 0.0548. The van der Waals surface area contributed by atoms with E-state index in [1.165, 1.54) is 0 Å². The van der Waals surface area contributed by atoms with Crippen LogP contribution < -0.4 is 5.32 Å². The third-order valence-electron chi connectivity index (χ3n) is 3.45. The van der Waals surface area contributed by atoms with Gasteiger partial charge in [-0.15, -0.1) is 0 Å². The average Bonchev–Trinajstić information content (AvgIpc) is 2.82. The molecule has 2 heterocycles. The molecule has 1 aromatic carbocycles. The normalized spacial score (nSPS) is 19.2. The first kappa shape index (κ1) is 12.2. The standard InChI is InChI=1S/C14H15N3OS/c18-13-11(7-4-8-15-13)17-12(9-16-14(17)19)10-5-2-1-3-6-10/h1-3,5-6,9,11H,4,7-8H2,(H,15,18)(H,16,19). The largest absolute Gasteiger partial charge is 0.354 e. The molecule has 0 bridgehead atoms. The zero-order valence-corrected chi connectivity index (χ0v) is 11.2. The molecular weight excluding hydrogens is 258 g/mol. The maximum absolute atomic E-state index is 12.0. The summed E-state index contributed by atoms with van der Waals surface area (Å²) < 4.78 is 2.53. The van der Waals surface area contributed by atoms with E-state index in [2.05, 4.69) is 10.3 Å². The van der Waals surface area contributed by atoms with Crippen LogP contribution in [0.15, 0.2) is 36.5 Å². The Morgan fingerprint density at radius 1 is 1.26 bits per heavy atom. The molecule has 2 aromatic rings. The summed E-state index contributed by atoms with van der Waals surface area (Å²) in [6.07, 6.45) is 3.69. The van der Waals surface area contributed by atoms with Crippen LogP contribution in [0.3, 0.4) is 0 Å². The molecule has 2 N–H and O–H groups in total. The Kier molecular flexibility index (Phi) is 3.21. The minimum absolute atomic E-state index is 0.0548. The molecule has 5 heteroatoms. The van der Waals surface area contributed by atoms with Crippen LogP contribution in [0, 0.1) is 4.77 Å². The second-order valence-electron chi connectivity index (χ2n) is 4.66. The van der Waals surface area contributed by atoms with Crippen LogP contribution in [0.25, 0.3) is 11.3 Å². The molecule has 4 nitrogen and oxygen atoms in total. The molecule has 0 aliphatic carbocycles. The van der Waals surface area contributed by atoms with E-state index >= 15 is 0 Å². The Morgan fingerprint density at radius 2 is 2.05 bits per heavy atom. The first-order valence-electron chi connectivity index (χ1n) is 6.40. The Morgan fingerprint density at radius 3 is 2.79 bits per heavy atom. The number of H-pyrrole nitrogens is 1. The maximum Gasteiger partial charge on any atom is 0.243 e. The molecule has 19 heavy (non-hydrogen) atoms. The molecule has 98 valence electrons. The summed E-state index contributed by atoms with van der Waals surface area (Å²) in [4.78, 5) is 15.1. The van der Waals surface area contributed by atoms with Crippen LogP contribution >= 0.6 is 12.2 Å². The molecule has 1 amide bonds. The molecule has 1 aromatic heterocycles. The smallest absolute Gasteiger partial charge is 0.243 e. The predicted molar refractivity (Wildman–Crippen MR) is 76.3 cm³/mol. The van der Waals surface area contributed by atoms with E-state index in [4.69, 9.17) is 12.2 Å². The highest BCUT2D eigenvalue weighted by molar-refractivity contribution is 7.71. The van der Waals surface area contributed by atoms with E-state index in [-0.39, 0.29) is 11.9 Å². The summed E-state index contributed by atoms with van der Waals surface area (Å²) in [6.45, 7) is 0.758. The van der Waals surface area contributed by atoms with Gasteiger partial charge in [-0.3, -0.25) is 4.79 Å². The molecule has 0 spiro atoms. The Labute approximate surface area is 116 Å². The lowest BCUT2D eigenvalue weighted by atomic mass is 10.1. The van der Waals surface area contributed by atoms with Crippen LogP contribution in [-0.4, -0.2) is 22.0 Å². The molecule has 1 fully saturated rings. The maximum atomic E-state index is 12.0. The highest BCUT2D eigenvalue weighted by Crippen LogP contribution is 2.27. The van der Waals surface area contributed by atoms with Crippen molar-refractivity contribution in [2.75, 3.05) is 6.54 Å². The van der Waals surface area contributed by atoms with E-state index in [1.807, 2.05) is 41.1 Å². The number of nitrogens with one attached hydrogen (secondary N) is 2. The molecule has 1 aliphatic rings. The molecule has 1 aliphatic heterocycles. The molecule has 1 saturated heterocycles. The van der Waals surface area contributed by atoms with Gasteiger partial charge in [-0.1, -0.05) is 30.3 Å². The Hall–Kier alpha value is -1.88. The van der Waals surface area contributed by atoms with Crippen molar-refractivity contribution in [3.05, 3.63) is 41.3 Å². The zero-order valence-electron chi connectivity index (χ0n) is 10.4. The number of carbonyl (C=O) groups is 1. The summed E-state index contributed by atoms with van der Waals surface area (Å²) >= 11 is 5.33. The van der Waals surface area contributed by atoms with Crippen molar-refractivity contribution < 1.29 is 4.79 Å². The van der Waals surface area contributed by atoms with Gasteiger partial charge in [0.1, 0.15) is 6.04 Å². The van der Waals surface area contributed by atoms with E-state index in [9.17, 15) is 4.79 Å². The fourth-order valence-corrected chi connectivity index (χ4v) is 2.81. The van der Waals surface area contributed by atoms with Crippen LogP contribution in [-0.2, 0) is 4.79 Å². The van der Waals surface area contributed by atoms with E-state index in [0.717, 1.165) is 30.6 Å². The number of nitrogens with zero attached hydrogens (tertiary/aromatic N) is 1. The van der Waals surface area contributed by atoms with Gasteiger partial charge < -0.3 is 14.9 Å². The van der Waals surface area contributed by atoms with Gasteiger partial charge >= 0.3 is 0 Å². The molecule has 3 rings (SSSR count). The van der Waals surface area contributed by atoms with Crippen molar-refractivity contribution in [1.82, 2.24) is 14.9 Å². The van der Waals surface area contributed by atoms with Crippen molar-refractivity contribution >= 4 is 18.1 Å². The minimum atomic E-state index is -0.206. The van der Waals surface area contributed by atoms with Crippen molar-refractivity contribution in [3.8, 4) is 11.3 Å². The number of carbonyl (C=O) groups excluding carboxylic acids is 1. The first-order valence-corrected chi connectivity index (χ1v) is 6.81. The second-order valence-corrected chi connectivity index (χ2v) is 5.05. The van der Waals surface area contributed by atoms with Gasteiger partial charge in [0.05, 0.1) is 5.69 Å². The number of imidazole rings is 1. The number of hydrogen-bond donors (Lipinski definition) is 2. The van der Waals surface area contributed by atoms with Gasteiger partial charge in [0.15, 0.2) is 4.77 Å². The highest BCUT2D eigenvalue weighted by atomic mass is 32.1. The number of piperidine rings is 1. The number of rotatable bonds is 2. The van der Waals surface area contributed by atoms with Gasteiger partial charge in [-0.05, 0) is 30.6 Å². The molecule has 0 saturated carbocycles. The van der Waals surface area contributed by atoms with Crippen LogP contribution in [0.2, 0.25) is 0 Å². The molecule has 1 atom stereocenters. The van der Waals surface area contributed by atoms with E-state index in [0.29, 0.717) is 4.77 Å². The van der Waals surface area contributed by atoms with Crippen LogP contribution in [0.1, 0.15) is 18.9 Å². The summed E-state index contributed by atoms with van der Waals surface area (Å²) in [5.41, 5.74) is 2.03. The summed E-state index contributed by atoms with van der Waals surface area (Å²) in [7, 11) is 0. The lowest BCUT2D eigenvalue weighted by Gasteiger charge is -2.24. The zero-order chi connectivity index (χ0) is 13.2. The highest BCUT2D eigenvalue weighted by Gasteiger charge is 2.26. The van der Waals surface area contributed by atoms with Crippen molar-refractivity contribution in [2.24, 2.45) is 0 Å². The lowest BCUT2D eigenvalue weighted by molar-refractivity contribution is -0.125. The van der Waals surface area contributed by atoms with E-state index in [1.54, 1.807) is 0 Å². The second kappa shape index (κ2) is 5.01. The van der Waals surface area contributed by atoms with Gasteiger partial charge in [-0.2, -0.15) is 0 Å². The number of hydrogen-bond acceptors (Lipinski definition) is 2. The number of benzene rings is 1. The lowest BCUT2D eigenvalue weighted by Crippen LogP contribution is -2.38. The third kappa shape index (κ3) is 2.21. The van der Waals surface area contributed by atoms with Gasteiger partial charge in [0, 0.05) is 12.7 Å². The minimum Gasteiger partial charge on any atom is -0.354 e. The molecule has 1 unspecified atom stereocenters. The Balaban J connectivity index is 2.09. The first-order chi connectivity index (χ1) is 9.27. The number of amides is 1. The summed E-state index contributed by atoms with van der Waals surface area (Å²) in [5, 5.41) is 2.91. The fourth-order valence-electron chi connectivity index (χ4n) is 2.52. The van der Waals surface area contributed by atoms with Crippen molar-refractivity contribution in [3.63, 3.8) is 0 Å². The predicted octanol–water partition coefficient (Wildman–Crippen LogP) is 2.66. The number of aromatic amines is 1. The molecular formula is C14H15N3OS. The fraction of sp³-hybridized carbons (Fsp3) is 0.286. The van der Waals surface area contributed by atoms with E-state index < -0.39 is 0 Å².